The number of benzene rings is 1. The van der Waals surface area contributed by atoms with E-state index < -0.39 is 0 Å². The van der Waals surface area contributed by atoms with E-state index >= 15 is 0 Å². The van der Waals surface area contributed by atoms with Crippen molar-refractivity contribution in [3.8, 4) is 0 Å². The molecule has 0 radical (unpaired) electrons. The topological polar surface area (TPSA) is 12.0 Å². The molecule has 1 nitrogen and oxygen atoms in total. The summed E-state index contributed by atoms with van der Waals surface area (Å²) < 4.78 is 1.31. The van der Waals surface area contributed by atoms with Crippen LogP contribution in [0.5, 0.6) is 0 Å². The minimum Gasteiger partial charge on any atom is -0.382 e. The van der Waals surface area contributed by atoms with Crippen molar-refractivity contribution in [3.63, 3.8) is 0 Å². The predicted molar refractivity (Wildman–Crippen MR) is 87.9 cm³/mol. The van der Waals surface area contributed by atoms with Crippen LogP contribution in [-0.4, -0.2) is 6.04 Å². The minimum absolute atomic E-state index is 0.645. The van der Waals surface area contributed by atoms with Crippen molar-refractivity contribution >= 4 is 28.3 Å². The maximum atomic E-state index is 3.78. The van der Waals surface area contributed by atoms with Crippen molar-refractivity contribution in [1.29, 1.82) is 0 Å². The molecule has 2 heteroatoms. The molecule has 1 fully saturated rings. The second-order valence-corrected chi connectivity index (χ2v) is 7.33. The Bertz CT molecular complexity index is 388. The quantitative estimate of drug-likeness (QED) is 0.737. The van der Waals surface area contributed by atoms with Crippen LogP contribution in [0.15, 0.2) is 24.3 Å². The average Bonchev–Trinajstić information content (AvgIpc) is 2.28. The molecule has 1 aromatic carbocycles. The highest BCUT2D eigenvalue weighted by Gasteiger charge is 2.30. The summed E-state index contributed by atoms with van der Waals surface area (Å²) in [4.78, 5) is 0. The molecule has 0 saturated heterocycles. The molecule has 1 aliphatic rings. The Morgan fingerprint density at radius 2 is 2.06 bits per heavy atom. The van der Waals surface area contributed by atoms with E-state index in [0.717, 1.165) is 17.8 Å². The zero-order valence-electron chi connectivity index (χ0n) is 11.6. The maximum Gasteiger partial charge on any atom is 0.0353 e. The van der Waals surface area contributed by atoms with E-state index in [4.69, 9.17) is 0 Å². The largest absolute Gasteiger partial charge is 0.382 e. The van der Waals surface area contributed by atoms with Gasteiger partial charge in [0.15, 0.2) is 0 Å². The van der Waals surface area contributed by atoms with Crippen molar-refractivity contribution in [2.45, 2.75) is 46.1 Å². The summed E-state index contributed by atoms with van der Waals surface area (Å²) in [6.45, 7) is 7.12. The van der Waals surface area contributed by atoms with Gasteiger partial charge in [-0.2, -0.15) is 0 Å². The van der Waals surface area contributed by atoms with Gasteiger partial charge in [-0.3, -0.25) is 0 Å². The third-order valence-electron chi connectivity index (χ3n) is 4.20. The van der Waals surface area contributed by atoms with E-state index in [1.165, 1.54) is 28.5 Å². The van der Waals surface area contributed by atoms with E-state index in [-0.39, 0.29) is 0 Å². The molecular weight excluding hydrogens is 333 g/mol. The Labute approximate surface area is 125 Å². The third kappa shape index (κ3) is 3.62. The zero-order valence-corrected chi connectivity index (χ0v) is 13.8. The molecule has 0 aliphatic heterocycles. The fourth-order valence-corrected chi connectivity index (χ4v) is 3.70. The molecule has 1 N–H and O–H groups in total. The molecule has 3 atom stereocenters. The number of hydrogen-bond donors (Lipinski definition) is 1. The first-order valence-electron chi connectivity index (χ1n) is 7.08. The molecular formula is C16H24IN. The number of hydrogen-bond acceptors (Lipinski definition) is 1. The molecule has 18 heavy (non-hydrogen) atoms. The van der Waals surface area contributed by atoms with Crippen LogP contribution >= 0.6 is 22.6 Å². The van der Waals surface area contributed by atoms with Crippen molar-refractivity contribution in [2.75, 3.05) is 5.32 Å². The van der Waals surface area contributed by atoms with Crippen LogP contribution < -0.4 is 5.32 Å². The Balaban J connectivity index is 2.08. The molecule has 1 aromatic rings. The van der Waals surface area contributed by atoms with Crippen LogP contribution in [0, 0.1) is 21.3 Å². The van der Waals surface area contributed by atoms with Gasteiger partial charge in [-0.25, -0.2) is 0 Å². The van der Waals surface area contributed by atoms with Gasteiger partial charge in [0.1, 0.15) is 0 Å². The van der Waals surface area contributed by atoms with Gasteiger partial charge in [-0.15, -0.1) is 0 Å². The SMILES string of the molecule is CC1CCC(C(C)C)C(Nc2cccc(I)c2)C1. The van der Waals surface area contributed by atoms with E-state index in [0.29, 0.717) is 6.04 Å². The first-order chi connectivity index (χ1) is 8.56. The van der Waals surface area contributed by atoms with Crippen molar-refractivity contribution in [3.05, 3.63) is 27.8 Å². The maximum absolute atomic E-state index is 3.78. The Kier molecular flexibility index (Phi) is 4.93. The van der Waals surface area contributed by atoms with Crippen LogP contribution in [0.4, 0.5) is 5.69 Å². The highest BCUT2D eigenvalue weighted by molar-refractivity contribution is 14.1. The van der Waals surface area contributed by atoms with Crippen molar-refractivity contribution in [1.82, 2.24) is 0 Å². The van der Waals surface area contributed by atoms with Gasteiger partial charge in [0, 0.05) is 15.3 Å². The monoisotopic (exact) mass is 357 g/mol. The standard InChI is InChI=1S/C16H24IN/c1-11(2)15-8-7-12(3)9-16(15)18-14-6-4-5-13(17)10-14/h4-6,10-12,15-16,18H,7-9H2,1-3H3. The molecule has 0 bridgehead atoms. The van der Waals surface area contributed by atoms with Crippen molar-refractivity contribution < 1.29 is 0 Å². The highest BCUT2D eigenvalue weighted by Crippen LogP contribution is 2.35. The predicted octanol–water partition coefficient (Wildman–Crippen LogP) is 5.16. The Hall–Kier alpha value is -0.250. The second-order valence-electron chi connectivity index (χ2n) is 6.09. The van der Waals surface area contributed by atoms with E-state index in [2.05, 4.69) is 72.9 Å². The highest BCUT2D eigenvalue weighted by atomic mass is 127. The Morgan fingerprint density at radius 1 is 1.28 bits per heavy atom. The molecule has 1 saturated carbocycles. The molecule has 100 valence electrons. The summed E-state index contributed by atoms with van der Waals surface area (Å²) in [6.07, 6.45) is 4.09. The summed E-state index contributed by atoms with van der Waals surface area (Å²) in [5.74, 6) is 2.46. The number of nitrogens with one attached hydrogen (secondary N) is 1. The molecule has 0 spiro atoms. The lowest BCUT2D eigenvalue weighted by atomic mass is 9.74. The van der Waals surface area contributed by atoms with Gasteiger partial charge < -0.3 is 5.32 Å². The van der Waals surface area contributed by atoms with Gasteiger partial charge in [0.2, 0.25) is 0 Å². The molecule has 0 heterocycles. The molecule has 0 aromatic heterocycles. The molecule has 0 amide bonds. The van der Waals surface area contributed by atoms with Gasteiger partial charge in [0.25, 0.3) is 0 Å². The van der Waals surface area contributed by atoms with E-state index in [1.807, 2.05) is 0 Å². The van der Waals surface area contributed by atoms with Crippen molar-refractivity contribution in [2.24, 2.45) is 17.8 Å². The van der Waals surface area contributed by atoms with Gasteiger partial charge in [-0.05, 0) is 71.4 Å². The van der Waals surface area contributed by atoms with Gasteiger partial charge in [0.05, 0.1) is 0 Å². The van der Waals surface area contributed by atoms with Crippen LogP contribution in [0.25, 0.3) is 0 Å². The van der Waals surface area contributed by atoms with E-state index in [9.17, 15) is 0 Å². The summed E-state index contributed by atoms with van der Waals surface area (Å²) in [5, 5.41) is 3.78. The first kappa shape index (κ1) is 14.2. The summed E-state index contributed by atoms with van der Waals surface area (Å²) >= 11 is 2.38. The fourth-order valence-electron chi connectivity index (χ4n) is 3.16. The minimum atomic E-state index is 0.645. The number of halogens is 1. The summed E-state index contributed by atoms with van der Waals surface area (Å²) in [5.41, 5.74) is 1.28. The van der Waals surface area contributed by atoms with Gasteiger partial charge >= 0.3 is 0 Å². The Morgan fingerprint density at radius 3 is 2.72 bits per heavy atom. The lowest BCUT2D eigenvalue weighted by Gasteiger charge is -2.38. The van der Waals surface area contributed by atoms with Crippen LogP contribution in [-0.2, 0) is 0 Å². The number of rotatable bonds is 3. The normalized spacial score (nSPS) is 28.4. The average molecular weight is 357 g/mol. The lowest BCUT2D eigenvalue weighted by molar-refractivity contribution is 0.212. The van der Waals surface area contributed by atoms with Crippen LogP contribution in [0.2, 0.25) is 0 Å². The third-order valence-corrected chi connectivity index (χ3v) is 4.87. The van der Waals surface area contributed by atoms with Crippen LogP contribution in [0.3, 0.4) is 0 Å². The molecule has 2 rings (SSSR count). The smallest absolute Gasteiger partial charge is 0.0353 e. The fraction of sp³-hybridized carbons (Fsp3) is 0.625. The van der Waals surface area contributed by atoms with Crippen LogP contribution in [0.1, 0.15) is 40.0 Å². The number of anilines is 1. The van der Waals surface area contributed by atoms with E-state index in [1.54, 1.807) is 0 Å². The first-order valence-corrected chi connectivity index (χ1v) is 8.16. The second kappa shape index (κ2) is 6.27. The molecule has 3 unspecified atom stereocenters. The lowest BCUT2D eigenvalue weighted by Crippen LogP contribution is -2.37. The van der Waals surface area contributed by atoms with Gasteiger partial charge in [-0.1, -0.05) is 33.3 Å². The molecule has 1 aliphatic carbocycles. The zero-order chi connectivity index (χ0) is 13.1. The summed E-state index contributed by atoms with van der Waals surface area (Å²) in [6, 6.07) is 9.37. The summed E-state index contributed by atoms with van der Waals surface area (Å²) in [7, 11) is 0.